The lowest BCUT2D eigenvalue weighted by Crippen LogP contribution is -2.39. The fourth-order valence-corrected chi connectivity index (χ4v) is 3.57. The van der Waals surface area contributed by atoms with Gasteiger partial charge in [0.05, 0.1) is 10.6 Å². The van der Waals surface area contributed by atoms with Crippen LogP contribution in [0, 0.1) is 0 Å². The lowest BCUT2D eigenvalue weighted by molar-refractivity contribution is 0.0704. The van der Waals surface area contributed by atoms with E-state index < -0.39 is 0 Å². The Balaban J connectivity index is 1.56. The van der Waals surface area contributed by atoms with Crippen molar-refractivity contribution in [3.8, 4) is 5.82 Å². The highest BCUT2D eigenvalue weighted by Gasteiger charge is 2.28. The molecule has 7 nitrogen and oxygen atoms in total. The van der Waals surface area contributed by atoms with Crippen molar-refractivity contribution in [2.45, 2.75) is 18.8 Å². The number of halogens is 1. The van der Waals surface area contributed by atoms with E-state index in [1.165, 1.54) is 4.68 Å². The number of aromatic nitrogens is 4. The molecule has 138 valence electrons. The predicted octanol–water partition coefficient (Wildman–Crippen LogP) is 2.63. The van der Waals surface area contributed by atoms with Gasteiger partial charge < -0.3 is 4.90 Å². The van der Waals surface area contributed by atoms with Crippen LogP contribution in [0.4, 0.5) is 0 Å². The monoisotopic (exact) mass is 383 g/mol. The number of aromatic amines is 1. The fourth-order valence-electron chi connectivity index (χ4n) is 3.35. The summed E-state index contributed by atoms with van der Waals surface area (Å²) in [5, 5.41) is 4.85. The van der Waals surface area contributed by atoms with Gasteiger partial charge in [-0.3, -0.25) is 9.78 Å². The average molecular weight is 384 g/mol. The molecule has 0 spiro atoms. The number of amides is 1. The number of H-pyrrole nitrogens is 1. The minimum absolute atomic E-state index is 0.0390. The Kier molecular flexibility index (Phi) is 4.77. The smallest absolute Gasteiger partial charge is 0.338 e. The van der Waals surface area contributed by atoms with Crippen LogP contribution in [0.1, 0.15) is 34.9 Å². The van der Waals surface area contributed by atoms with E-state index in [0.717, 1.165) is 12.8 Å². The molecule has 1 saturated heterocycles. The number of pyridine rings is 1. The number of nitrogens with zero attached hydrogens (tertiary/aromatic N) is 4. The molecule has 1 amide bonds. The lowest BCUT2D eigenvalue weighted by atomic mass is 9.96. The predicted molar refractivity (Wildman–Crippen MR) is 101 cm³/mol. The third kappa shape index (κ3) is 3.50. The average Bonchev–Trinajstić information content (AvgIpc) is 3.10. The molecule has 1 unspecified atom stereocenters. The van der Waals surface area contributed by atoms with Gasteiger partial charge in [0, 0.05) is 25.2 Å². The maximum Gasteiger partial charge on any atom is 0.349 e. The molecule has 1 atom stereocenters. The molecule has 8 heteroatoms. The van der Waals surface area contributed by atoms with Gasteiger partial charge in [0.1, 0.15) is 5.82 Å². The van der Waals surface area contributed by atoms with Crippen LogP contribution in [-0.4, -0.2) is 43.6 Å². The van der Waals surface area contributed by atoms with Gasteiger partial charge in [0.2, 0.25) is 0 Å². The Hall–Kier alpha value is -2.93. The number of hydrogen-bond donors (Lipinski definition) is 1. The quantitative estimate of drug-likeness (QED) is 0.753. The fraction of sp³-hybridized carbons (Fsp3) is 0.263. The zero-order valence-electron chi connectivity index (χ0n) is 14.5. The van der Waals surface area contributed by atoms with E-state index in [4.69, 9.17) is 11.6 Å². The Bertz CT molecular complexity index is 1010. The molecule has 3 aromatic rings. The first-order chi connectivity index (χ1) is 13.1. The summed E-state index contributed by atoms with van der Waals surface area (Å²) >= 11 is 6.17. The molecular formula is C19H18ClN5O2. The summed E-state index contributed by atoms with van der Waals surface area (Å²) in [5.41, 5.74) is 0.158. The third-order valence-corrected chi connectivity index (χ3v) is 5.03. The molecule has 3 heterocycles. The number of benzene rings is 1. The molecule has 1 aromatic carbocycles. The van der Waals surface area contributed by atoms with Gasteiger partial charge in [0.15, 0.2) is 5.82 Å². The number of nitrogens with one attached hydrogen (secondary N) is 1. The van der Waals surface area contributed by atoms with E-state index in [-0.39, 0.29) is 17.5 Å². The van der Waals surface area contributed by atoms with E-state index in [1.807, 2.05) is 0 Å². The Morgan fingerprint density at radius 1 is 1.19 bits per heavy atom. The van der Waals surface area contributed by atoms with E-state index in [1.54, 1.807) is 53.6 Å². The first-order valence-corrected chi connectivity index (χ1v) is 9.16. The van der Waals surface area contributed by atoms with Crippen molar-refractivity contribution in [2.75, 3.05) is 13.1 Å². The third-order valence-electron chi connectivity index (χ3n) is 4.70. The van der Waals surface area contributed by atoms with E-state index >= 15 is 0 Å². The molecule has 0 radical (unpaired) electrons. The van der Waals surface area contributed by atoms with Crippen molar-refractivity contribution in [3.63, 3.8) is 0 Å². The number of carbonyl (C=O) groups is 1. The summed E-state index contributed by atoms with van der Waals surface area (Å²) in [5.74, 6) is 0.895. The summed E-state index contributed by atoms with van der Waals surface area (Å²) < 4.78 is 1.25. The largest absolute Gasteiger partial charge is 0.349 e. The minimum atomic E-state index is -0.335. The molecule has 0 aliphatic carbocycles. The van der Waals surface area contributed by atoms with Gasteiger partial charge in [-0.05, 0) is 37.1 Å². The number of carbonyl (C=O) groups excluding carboxylic acids is 1. The summed E-state index contributed by atoms with van der Waals surface area (Å²) in [6.07, 6.45) is 3.29. The van der Waals surface area contributed by atoms with Crippen LogP contribution in [0.2, 0.25) is 5.02 Å². The van der Waals surface area contributed by atoms with Crippen LogP contribution >= 0.6 is 11.6 Å². The zero-order valence-corrected chi connectivity index (χ0v) is 15.3. The van der Waals surface area contributed by atoms with Gasteiger partial charge in [-0.2, -0.15) is 4.68 Å². The van der Waals surface area contributed by atoms with Gasteiger partial charge >= 0.3 is 5.69 Å². The second-order valence-corrected chi connectivity index (χ2v) is 6.89. The number of likely N-dealkylation sites (tertiary alicyclic amines) is 1. The normalized spacial score (nSPS) is 17.1. The SMILES string of the molecule is O=C(c1ccccc1Cl)N1CCCC(c2nn(-c3ccccn3)c(=O)[nH]2)C1. The molecule has 1 N–H and O–H groups in total. The number of rotatable bonds is 3. The molecule has 0 bridgehead atoms. The van der Waals surface area contributed by atoms with E-state index in [2.05, 4.69) is 15.1 Å². The maximum absolute atomic E-state index is 12.8. The summed E-state index contributed by atoms with van der Waals surface area (Å²) in [7, 11) is 0. The van der Waals surface area contributed by atoms with E-state index in [9.17, 15) is 9.59 Å². The second-order valence-electron chi connectivity index (χ2n) is 6.49. The first-order valence-electron chi connectivity index (χ1n) is 8.78. The second kappa shape index (κ2) is 7.36. The van der Waals surface area contributed by atoms with Gasteiger partial charge in [-0.1, -0.05) is 29.8 Å². The molecule has 1 aliphatic heterocycles. The van der Waals surface area contributed by atoms with Crippen LogP contribution in [-0.2, 0) is 0 Å². The van der Waals surface area contributed by atoms with Crippen LogP contribution in [0.5, 0.6) is 0 Å². The molecule has 2 aromatic heterocycles. The van der Waals surface area contributed by atoms with Crippen molar-refractivity contribution in [2.24, 2.45) is 0 Å². The number of hydrogen-bond acceptors (Lipinski definition) is 4. The van der Waals surface area contributed by atoms with Crippen LogP contribution in [0.25, 0.3) is 5.82 Å². The Labute approximate surface area is 160 Å². The zero-order chi connectivity index (χ0) is 18.8. The molecular weight excluding hydrogens is 366 g/mol. The number of piperidine rings is 1. The first kappa shape index (κ1) is 17.5. The van der Waals surface area contributed by atoms with Crippen molar-refractivity contribution in [1.29, 1.82) is 0 Å². The minimum Gasteiger partial charge on any atom is -0.338 e. The van der Waals surface area contributed by atoms with Crippen LogP contribution in [0.3, 0.4) is 0 Å². The Morgan fingerprint density at radius 2 is 2.00 bits per heavy atom. The van der Waals surface area contributed by atoms with Crippen molar-refractivity contribution >= 4 is 17.5 Å². The molecule has 0 saturated carbocycles. The van der Waals surface area contributed by atoms with Crippen LogP contribution in [0.15, 0.2) is 53.5 Å². The standard InChI is InChI=1S/C19H18ClN5O2/c20-15-8-2-1-7-14(15)18(26)24-11-5-6-13(12-24)17-22-19(27)25(23-17)16-9-3-4-10-21-16/h1-4,7-10,13H,5-6,11-12H2,(H,22,23,27). The lowest BCUT2D eigenvalue weighted by Gasteiger charge is -2.31. The highest BCUT2D eigenvalue weighted by atomic mass is 35.5. The van der Waals surface area contributed by atoms with Gasteiger partial charge in [-0.15, -0.1) is 5.10 Å². The topological polar surface area (TPSA) is 83.9 Å². The van der Waals surface area contributed by atoms with E-state index in [0.29, 0.717) is 35.3 Å². The maximum atomic E-state index is 12.8. The summed E-state index contributed by atoms with van der Waals surface area (Å²) in [4.78, 5) is 33.8. The van der Waals surface area contributed by atoms with Crippen molar-refractivity contribution in [1.82, 2.24) is 24.6 Å². The Morgan fingerprint density at radius 3 is 2.78 bits per heavy atom. The highest BCUT2D eigenvalue weighted by molar-refractivity contribution is 6.33. The van der Waals surface area contributed by atoms with Crippen molar-refractivity contribution < 1.29 is 4.79 Å². The molecule has 27 heavy (non-hydrogen) atoms. The molecule has 1 fully saturated rings. The summed E-state index contributed by atoms with van der Waals surface area (Å²) in [6.45, 7) is 1.14. The van der Waals surface area contributed by atoms with Crippen molar-refractivity contribution in [3.05, 3.63) is 75.6 Å². The van der Waals surface area contributed by atoms with Gasteiger partial charge in [-0.25, -0.2) is 9.78 Å². The molecule has 4 rings (SSSR count). The van der Waals surface area contributed by atoms with Crippen LogP contribution < -0.4 is 5.69 Å². The molecule has 1 aliphatic rings. The highest BCUT2D eigenvalue weighted by Crippen LogP contribution is 2.26. The summed E-state index contributed by atoms with van der Waals surface area (Å²) in [6, 6.07) is 12.3. The van der Waals surface area contributed by atoms with Gasteiger partial charge in [0.25, 0.3) is 5.91 Å².